The van der Waals surface area contributed by atoms with Crippen molar-refractivity contribution < 1.29 is 29.3 Å². The van der Waals surface area contributed by atoms with E-state index in [2.05, 4.69) is 25.6 Å². The largest absolute Gasteiger partial charge is 0.494 e. The molecule has 1 unspecified atom stereocenters. The van der Waals surface area contributed by atoms with Crippen LogP contribution in [0.1, 0.15) is 45.7 Å². The second-order valence-corrected chi connectivity index (χ2v) is 11.6. The molecule has 1 aromatic heterocycles. The van der Waals surface area contributed by atoms with Crippen molar-refractivity contribution in [3.63, 3.8) is 0 Å². The Balaban J connectivity index is 1.02. The van der Waals surface area contributed by atoms with Gasteiger partial charge in [0.25, 0.3) is 11.8 Å². The second kappa shape index (κ2) is 14.6. The average molecular weight is 653 g/mol. The number of benzene rings is 2. The maximum Gasteiger partial charge on any atom is 0.280 e. The van der Waals surface area contributed by atoms with E-state index in [1.54, 1.807) is 24.3 Å². The topological polar surface area (TPSA) is 211 Å². The van der Waals surface area contributed by atoms with Crippen LogP contribution in [-0.4, -0.2) is 94.0 Å². The highest BCUT2D eigenvalue weighted by atomic mass is 35.5. The first-order valence-electron chi connectivity index (χ1n) is 14.9. The van der Waals surface area contributed by atoms with Gasteiger partial charge in [0.1, 0.15) is 24.2 Å². The highest BCUT2D eigenvalue weighted by Gasteiger charge is 2.40. The molecule has 244 valence electrons. The van der Waals surface area contributed by atoms with Crippen LogP contribution < -0.4 is 31.6 Å². The molecule has 1 atom stereocenters. The number of carbonyl (C=O) groups is 2. The van der Waals surface area contributed by atoms with Gasteiger partial charge in [0.15, 0.2) is 28.4 Å². The fourth-order valence-electron chi connectivity index (χ4n) is 5.17. The number of nitrogens with one attached hydrogen (secondary N) is 2. The number of nitrogens with zero attached hydrogens (tertiary/aromatic N) is 4. The molecule has 0 aliphatic carbocycles. The van der Waals surface area contributed by atoms with E-state index >= 15 is 0 Å². The van der Waals surface area contributed by atoms with E-state index in [0.29, 0.717) is 62.1 Å². The van der Waals surface area contributed by atoms with Crippen LogP contribution >= 0.6 is 11.6 Å². The molecule has 0 saturated carbocycles. The van der Waals surface area contributed by atoms with Gasteiger partial charge in [0.05, 0.1) is 25.3 Å². The number of anilines is 2. The average Bonchev–Trinajstić information content (AvgIpc) is 3.45. The number of aromatic nitrogens is 2. The minimum absolute atomic E-state index is 0.0419. The molecule has 1 spiro atoms. The summed E-state index contributed by atoms with van der Waals surface area (Å²) in [6.07, 6.45) is 2.04. The number of piperidine rings is 1. The van der Waals surface area contributed by atoms with Gasteiger partial charge in [-0.3, -0.25) is 19.9 Å². The SMILES string of the molecule is Nc1nc(N)c(C(=O)NC2=NCC3(CCN(C(=O)c4ccc(OCCCc5ccc(OCC(O)CO)cc5)cc4)CC3)N2)nc1Cl. The molecular formula is C31H37ClN8O6. The highest BCUT2D eigenvalue weighted by Crippen LogP contribution is 2.27. The van der Waals surface area contributed by atoms with E-state index in [1.165, 1.54) is 0 Å². The van der Waals surface area contributed by atoms with Crippen molar-refractivity contribution in [2.75, 3.05) is 50.9 Å². The number of nitrogens with two attached hydrogens (primary N) is 2. The summed E-state index contributed by atoms with van der Waals surface area (Å²) in [5.41, 5.74) is 12.6. The number of aryl methyl sites for hydroxylation is 1. The number of aliphatic imine (C=N–C) groups is 1. The van der Waals surface area contributed by atoms with Crippen molar-refractivity contribution in [2.24, 2.45) is 4.99 Å². The second-order valence-electron chi connectivity index (χ2n) is 11.2. The molecule has 15 heteroatoms. The minimum Gasteiger partial charge on any atom is -0.494 e. The summed E-state index contributed by atoms with van der Waals surface area (Å²) in [4.78, 5) is 39.9. The Morgan fingerprint density at radius 2 is 1.70 bits per heavy atom. The van der Waals surface area contributed by atoms with E-state index in [9.17, 15) is 14.7 Å². The number of halogens is 1. The lowest BCUT2D eigenvalue weighted by atomic mass is 9.88. The van der Waals surface area contributed by atoms with Crippen LogP contribution in [0.25, 0.3) is 0 Å². The summed E-state index contributed by atoms with van der Waals surface area (Å²) in [6.45, 7) is 1.74. The van der Waals surface area contributed by atoms with Crippen molar-refractivity contribution in [1.29, 1.82) is 0 Å². The van der Waals surface area contributed by atoms with Crippen LogP contribution in [0, 0.1) is 0 Å². The molecule has 5 rings (SSSR count). The number of hydrogen-bond donors (Lipinski definition) is 6. The molecule has 2 aliphatic rings. The molecule has 2 aromatic carbocycles. The number of hydrogen-bond acceptors (Lipinski definition) is 12. The number of likely N-dealkylation sites (tertiary alicyclic amines) is 1. The third-order valence-electron chi connectivity index (χ3n) is 7.84. The van der Waals surface area contributed by atoms with Crippen LogP contribution in [0.3, 0.4) is 0 Å². The third kappa shape index (κ3) is 8.13. The first-order chi connectivity index (χ1) is 22.1. The summed E-state index contributed by atoms with van der Waals surface area (Å²) in [6, 6.07) is 14.7. The molecule has 3 heterocycles. The van der Waals surface area contributed by atoms with Crippen LogP contribution in [-0.2, 0) is 6.42 Å². The van der Waals surface area contributed by atoms with Crippen molar-refractivity contribution in [2.45, 2.75) is 37.3 Å². The van der Waals surface area contributed by atoms with E-state index < -0.39 is 12.0 Å². The Morgan fingerprint density at radius 1 is 1.02 bits per heavy atom. The zero-order valence-corrected chi connectivity index (χ0v) is 25.9. The minimum atomic E-state index is -0.898. The Labute approximate surface area is 270 Å². The first-order valence-corrected chi connectivity index (χ1v) is 15.3. The van der Waals surface area contributed by atoms with Gasteiger partial charge in [-0.15, -0.1) is 0 Å². The van der Waals surface area contributed by atoms with Gasteiger partial charge < -0.3 is 41.4 Å². The lowest BCUT2D eigenvalue weighted by Gasteiger charge is -2.39. The van der Waals surface area contributed by atoms with Crippen LogP contribution in [0.5, 0.6) is 11.5 Å². The molecule has 1 saturated heterocycles. The smallest absolute Gasteiger partial charge is 0.280 e. The van der Waals surface area contributed by atoms with Crippen molar-refractivity contribution in [3.05, 3.63) is 70.5 Å². The van der Waals surface area contributed by atoms with Gasteiger partial charge in [-0.1, -0.05) is 23.7 Å². The molecule has 1 fully saturated rings. The van der Waals surface area contributed by atoms with Crippen molar-refractivity contribution >= 4 is 41.0 Å². The standard InChI is InChI=1S/C31H37ClN8O6/c32-25-27(34)37-26(33)24(36-25)28(43)38-30-35-18-31(39-30)11-13-40(14-12-31)29(44)20-5-9-22(10-6-20)45-15-1-2-19-3-7-23(8-4-19)46-17-21(42)16-41/h3-10,21,41-42H,1-2,11-18H2,(H4,33,34,37)(H2,35,38,39,43). The van der Waals surface area contributed by atoms with Crippen molar-refractivity contribution in [1.82, 2.24) is 25.5 Å². The van der Waals surface area contributed by atoms with Gasteiger partial charge in [-0.2, -0.15) is 0 Å². The number of carbonyl (C=O) groups excluding carboxylic acids is 2. The zero-order chi connectivity index (χ0) is 32.7. The number of guanidine groups is 1. The Hall–Kier alpha value is -4.66. The van der Waals surface area contributed by atoms with Gasteiger partial charge in [-0.05, 0) is 67.6 Å². The number of ether oxygens (including phenoxy) is 2. The lowest BCUT2D eigenvalue weighted by Crippen LogP contribution is -2.57. The number of amides is 2. The molecule has 46 heavy (non-hydrogen) atoms. The van der Waals surface area contributed by atoms with Gasteiger partial charge in [0, 0.05) is 18.7 Å². The summed E-state index contributed by atoms with van der Waals surface area (Å²) in [7, 11) is 0. The van der Waals surface area contributed by atoms with Crippen LogP contribution in [0.15, 0.2) is 53.5 Å². The maximum atomic E-state index is 13.2. The van der Waals surface area contributed by atoms with Crippen LogP contribution in [0.2, 0.25) is 5.15 Å². The summed E-state index contributed by atoms with van der Waals surface area (Å²) in [5.74, 6) is 0.767. The lowest BCUT2D eigenvalue weighted by molar-refractivity contribution is 0.0536. The summed E-state index contributed by atoms with van der Waals surface area (Å²) < 4.78 is 11.3. The van der Waals surface area contributed by atoms with Gasteiger partial charge in [-0.25, -0.2) is 9.97 Å². The molecule has 0 bridgehead atoms. The Bertz CT molecular complexity index is 1560. The maximum absolute atomic E-state index is 13.2. The monoisotopic (exact) mass is 652 g/mol. The molecule has 3 aromatic rings. The number of aliphatic hydroxyl groups is 2. The first kappa shape index (κ1) is 32.7. The third-order valence-corrected chi connectivity index (χ3v) is 8.12. The quantitative estimate of drug-likeness (QED) is 0.163. The van der Waals surface area contributed by atoms with E-state index in [-0.39, 0.29) is 47.1 Å². The number of rotatable bonds is 11. The zero-order valence-electron chi connectivity index (χ0n) is 25.1. The van der Waals surface area contributed by atoms with E-state index in [1.807, 2.05) is 29.2 Å². The van der Waals surface area contributed by atoms with E-state index in [4.69, 9.17) is 37.6 Å². The summed E-state index contributed by atoms with van der Waals surface area (Å²) in [5, 5.41) is 24.1. The molecule has 14 nitrogen and oxygen atoms in total. The predicted molar refractivity (Wildman–Crippen MR) is 172 cm³/mol. The fourth-order valence-corrected chi connectivity index (χ4v) is 5.29. The Morgan fingerprint density at radius 3 is 2.39 bits per heavy atom. The van der Waals surface area contributed by atoms with Crippen LogP contribution in [0.4, 0.5) is 11.6 Å². The Kier molecular flexibility index (Phi) is 10.4. The highest BCUT2D eigenvalue weighted by molar-refractivity contribution is 6.31. The fraction of sp³-hybridized carbons (Fsp3) is 0.387. The molecule has 2 aliphatic heterocycles. The molecule has 0 radical (unpaired) electrons. The number of nitrogen functional groups attached to an aromatic ring is 2. The van der Waals surface area contributed by atoms with Gasteiger partial charge >= 0.3 is 0 Å². The normalized spacial score (nSPS) is 16.0. The van der Waals surface area contributed by atoms with Gasteiger partial charge in [0.2, 0.25) is 0 Å². The molecular weight excluding hydrogens is 616 g/mol. The molecule has 2 amide bonds. The molecule has 8 N–H and O–H groups in total. The van der Waals surface area contributed by atoms with Crippen molar-refractivity contribution in [3.8, 4) is 11.5 Å². The number of aliphatic hydroxyl groups excluding tert-OH is 2. The predicted octanol–water partition coefficient (Wildman–Crippen LogP) is 1.40. The summed E-state index contributed by atoms with van der Waals surface area (Å²) >= 11 is 5.89. The van der Waals surface area contributed by atoms with E-state index in [0.717, 1.165) is 18.4 Å².